The van der Waals surface area contributed by atoms with Crippen LogP contribution in [0.25, 0.3) is 16.6 Å². The summed E-state index contributed by atoms with van der Waals surface area (Å²) in [6, 6.07) is 10.8. The number of hydrogen-bond acceptors (Lipinski definition) is 3. The molecule has 3 aromatic rings. The van der Waals surface area contributed by atoms with E-state index in [1.54, 1.807) is 10.9 Å². The van der Waals surface area contributed by atoms with E-state index in [0.29, 0.717) is 0 Å². The lowest BCUT2D eigenvalue weighted by atomic mass is 9.76. The summed E-state index contributed by atoms with van der Waals surface area (Å²) in [5, 5.41) is 8.13. The number of fused-ring (bicyclic) bond motifs is 1. The molecule has 1 aromatic heterocycles. The van der Waals surface area contributed by atoms with Gasteiger partial charge in [-0.15, -0.1) is 0 Å². The van der Waals surface area contributed by atoms with E-state index >= 15 is 0 Å². The third-order valence-electron chi connectivity index (χ3n) is 5.31. The molecule has 6 heteroatoms. The maximum atomic E-state index is 14.1. The SMILES string of the molecule is C[C@]1(c2ccc(-n3cc4c(F)ccc(C(N)=O)c4n3)cc2)CCCNC1. The first-order chi connectivity index (χ1) is 12.5. The van der Waals surface area contributed by atoms with Gasteiger partial charge in [0.2, 0.25) is 0 Å². The molecular formula is C20H21FN4O. The second-order valence-electron chi connectivity index (χ2n) is 7.18. The Morgan fingerprint density at radius 3 is 2.69 bits per heavy atom. The van der Waals surface area contributed by atoms with Gasteiger partial charge >= 0.3 is 0 Å². The smallest absolute Gasteiger partial charge is 0.250 e. The van der Waals surface area contributed by atoms with Gasteiger partial charge in [0.05, 0.1) is 16.6 Å². The highest BCUT2D eigenvalue weighted by atomic mass is 19.1. The zero-order valence-corrected chi connectivity index (χ0v) is 14.6. The predicted molar refractivity (Wildman–Crippen MR) is 99.0 cm³/mol. The summed E-state index contributed by atoms with van der Waals surface area (Å²) in [5.41, 5.74) is 8.09. The van der Waals surface area contributed by atoms with Crippen LogP contribution in [0.4, 0.5) is 4.39 Å². The zero-order valence-electron chi connectivity index (χ0n) is 14.6. The van der Waals surface area contributed by atoms with Gasteiger partial charge in [-0.3, -0.25) is 4.79 Å². The van der Waals surface area contributed by atoms with Crippen LogP contribution in [0, 0.1) is 5.82 Å². The quantitative estimate of drug-likeness (QED) is 0.761. The standard InChI is InChI=1S/C20H21FN4O/c1-20(9-2-10-23-12-20)13-3-5-14(6-4-13)25-11-16-17(21)8-7-15(19(22)26)18(16)24-25/h3-8,11,23H,2,9-10,12H2,1H3,(H2,22,26)/t20-/m0/s1. The Morgan fingerprint density at radius 2 is 2.04 bits per heavy atom. The molecule has 0 unspecified atom stereocenters. The Kier molecular flexibility index (Phi) is 4.00. The summed E-state index contributed by atoms with van der Waals surface area (Å²) >= 11 is 0. The summed E-state index contributed by atoms with van der Waals surface area (Å²) in [5.74, 6) is -1.04. The average Bonchev–Trinajstić information content (AvgIpc) is 3.09. The summed E-state index contributed by atoms with van der Waals surface area (Å²) in [4.78, 5) is 11.6. The molecule has 2 heterocycles. The van der Waals surface area contributed by atoms with Crippen LogP contribution in [0.15, 0.2) is 42.6 Å². The van der Waals surface area contributed by atoms with Crippen molar-refractivity contribution in [2.24, 2.45) is 5.73 Å². The van der Waals surface area contributed by atoms with Crippen LogP contribution in [0.1, 0.15) is 35.7 Å². The monoisotopic (exact) mass is 352 g/mol. The number of carbonyl (C=O) groups excluding carboxylic acids is 1. The van der Waals surface area contributed by atoms with Crippen molar-refractivity contribution in [2.45, 2.75) is 25.2 Å². The van der Waals surface area contributed by atoms with Gasteiger partial charge in [-0.05, 0) is 49.2 Å². The van der Waals surface area contributed by atoms with Gasteiger partial charge in [-0.25, -0.2) is 9.07 Å². The first-order valence-electron chi connectivity index (χ1n) is 8.77. The van der Waals surface area contributed by atoms with Crippen LogP contribution >= 0.6 is 0 Å². The van der Waals surface area contributed by atoms with Gasteiger partial charge in [0.1, 0.15) is 11.3 Å². The largest absolute Gasteiger partial charge is 0.366 e. The number of primary amides is 1. The highest BCUT2D eigenvalue weighted by Crippen LogP contribution is 2.31. The first kappa shape index (κ1) is 16.7. The van der Waals surface area contributed by atoms with E-state index in [2.05, 4.69) is 29.5 Å². The van der Waals surface area contributed by atoms with Crippen molar-refractivity contribution < 1.29 is 9.18 Å². The Balaban J connectivity index is 1.73. The molecule has 1 fully saturated rings. The van der Waals surface area contributed by atoms with Gasteiger partial charge < -0.3 is 11.1 Å². The number of hydrogen-bond donors (Lipinski definition) is 2. The van der Waals surface area contributed by atoms with Crippen LogP contribution < -0.4 is 11.1 Å². The third-order valence-corrected chi connectivity index (χ3v) is 5.31. The van der Waals surface area contributed by atoms with Crippen LogP contribution in [0.3, 0.4) is 0 Å². The third kappa shape index (κ3) is 2.76. The number of carbonyl (C=O) groups is 1. The predicted octanol–water partition coefficient (Wildman–Crippen LogP) is 2.90. The number of benzene rings is 2. The van der Waals surface area contributed by atoms with E-state index in [1.165, 1.54) is 17.7 Å². The lowest BCUT2D eigenvalue weighted by molar-refractivity contribution is 0.100. The molecule has 0 radical (unpaired) electrons. The summed E-state index contributed by atoms with van der Waals surface area (Å²) < 4.78 is 15.7. The summed E-state index contributed by atoms with van der Waals surface area (Å²) in [6.07, 6.45) is 3.91. The second-order valence-corrected chi connectivity index (χ2v) is 7.18. The van der Waals surface area contributed by atoms with Crippen molar-refractivity contribution >= 4 is 16.8 Å². The van der Waals surface area contributed by atoms with Crippen molar-refractivity contribution in [3.63, 3.8) is 0 Å². The Hall–Kier alpha value is -2.73. The fraction of sp³-hybridized carbons (Fsp3) is 0.300. The molecule has 0 saturated carbocycles. The van der Waals surface area contributed by atoms with Crippen molar-refractivity contribution in [3.8, 4) is 5.69 Å². The van der Waals surface area contributed by atoms with Crippen LogP contribution in [0.2, 0.25) is 0 Å². The minimum atomic E-state index is -0.617. The van der Waals surface area contributed by atoms with E-state index in [1.807, 2.05) is 12.1 Å². The van der Waals surface area contributed by atoms with Gasteiger partial charge in [0.15, 0.2) is 0 Å². The van der Waals surface area contributed by atoms with Gasteiger partial charge in [0.25, 0.3) is 5.91 Å². The van der Waals surface area contributed by atoms with E-state index in [4.69, 9.17) is 5.73 Å². The van der Waals surface area contributed by atoms with Crippen molar-refractivity contribution in [1.29, 1.82) is 0 Å². The molecule has 134 valence electrons. The lowest BCUT2D eigenvalue weighted by Crippen LogP contribution is -2.41. The van der Waals surface area contributed by atoms with Crippen LogP contribution in [0.5, 0.6) is 0 Å². The minimum absolute atomic E-state index is 0.122. The fourth-order valence-corrected chi connectivity index (χ4v) is 3.72. The summed E-state index contributed by atoms with van der Waals surface area (Å²) in [7, 11) is 0. The number of nitrogens with two attached hydrogens (primary N) is 1. The van der Waals surface area contributed by atoms with Crippen LogP contribution in [-0.4, -0.2) is 28.8 Å². The molecule has 2 aromatic carbocycles. The van der Waals surface area contributed by atoms with Crippen molar-refractivity contribution in [3.05, 3.63) is 59.5 Å². The molecule has 4 rings (SSSR count). The molecule has 1 saturated heterocycles. The normalized spacial score (nSPS) is 20.4. The molecule has 1 aliphatic rings. The first-order valence-corrected chi connectivity index (χ1v) is 8.77. The number of amides is 1. The zero-order chi connectivity index (χ0) is 18.3. The topological polar surface area (TPSA) is 72.9 Å². The van der Waals surface area contributed by atoms with Gasteiger partial charge in [-0.2, -0.15) is 5.10 Å². The maximum absolute atomic E-state index is 14.1. The fourth-order valence-electron chi connectivity index (χ4n) is 3.72. The Bertz CT molecular complexity index is 971. The molecule has 3 N–H and O–H groups in total. The summed E-state index contributed by atoms with van der Waals surface area (Å²) in [6.45, 7) is 4.30. The number of rotatable bonds is 3. The van der Waals surface area contributed by atoms with Gasteiger partial charge in [0, 0.05) is 18.2 Å². The molecule has 1 amide bonds. The molecule has 1 aliphatic heterocycles. The molecular weight excluding hydrogens is 331 g/mol. The Labute approximate surface area is 151 Å². The number of nitrogens with zero attached hydrogens (tertiary/aromatic N) is 2. The molecule has 1 atom stereocenters. The number of piperidine rings is 1. The van der Waals surface area contributed by atoms with Crippen molar-refractivity contribution in [1.82, 2.24) is 15.1 Å². The minimum Gasteiger partial charge on any atom is -0.366 e. The molecule has 0 bridgehead atoms. The molecule has 5 nitrogen and oxygen atoms in total. The lowest BCUT2D eigenvalue weighted by Gasteiger charge is -2.34. The number of halogens is 1. The molecule has 0 aliphatic carbocycles. The second kappa shape index (κ2) is 6.21. The molecule has 26 heavy (non-hydrogen) atoms. The maximum Gasteiger partial charge on any atom is 0.250 e. The van der Waals surface area contributed by atoms with Gasteiger partial charge in [-0.1, -0.05) is 19.1 Å². The van der Waals surface area contributed by atoms with E-state index in [0.717, 1.165) is 31.6 Å². The van der Waals surface area contributed by atoms with E-state index in [9.17, 15) is 9.18 Å². The number of aromatic nitrogens is 2. The average molecular weight is 352 g/mol. The van der Waals surface area contributed by atoms with E-state index in [-0.39, 0.29) is 21.9 Å². The Morgan fingerprint density at radius 1 is 1.27 bits per heavy atom. The highest BCUT2D eigenvalue weighted by molar-refractivity contribution is 6.04. The van der Waals surface area contributed by atoms with E-state index < -0.39 is 11.7 Å². The molecule has 0 spiro atoms. The van der Waals surface area contributed by atoms with Crippen molar-refractivity contribution in [2.75, 3.05) is 13.1 Å². The van der Waals surface area contributed by atoms with Crippen LogP contribution in [-0.2, 0) is 5.41 Å². The highest BCUT2D eigenvalue weighted by Gasteiger charge is 2.28. The number of nitrogens with one attached hydrogen (secondary N) is 1.